The number of hydrogen-bond donors (Lipinski definition) is 0. The summed E-state index contributed by atoms with van der Waals surface area (Å²) in [5.41, 5.74) is 2.13. The second-order valence-corrected chi connectivity index (χ2v) is 8.70. The van der Waals surface area contributed by atoms with Gasteiger partial charge in [0, 0.05) is 16.6 Å². The highest BCUT2D eigenvalue weighted by molar-refractivity contribution is 9.10. The quantitative estimate of drug-likeness (QED) is 0.407. The van der Waals surface area contributed by atoms with Gasteiger partial charge in [0.05, 0.1) is 23.9 Å². The summed E-state index contributed by atoms with van der Waals surface area (Å²) in [6, 6.07) is 12.9. The number of thiazole rings is 1. The van der Waals surface area contributed by atoms with Crippen molar-refractivity contribution in [1.82, 2.24) is 14.6 Å². The van der Waals surface area contributed by atoms with Crippen molar-refractivity contribution >= 4 is 49.4 Å². The first-order valence-corrected chi connectivity index (χ1v) is 10.9. The third kappa shape index (κ3) is 3.00. The van der Waals surface area contributed by atoms with Gasteiger partial charge in [0.15, 0.2) is 5.82 Å². The van der Waals surface area contributed by atoms with E-state index in [9.17, 15) is 9.59 Å². The van der Waals surface area contributed by atoms with E-state index in [1.807, 2.05) is 42.5 Å². The molecule has 31 heavy (non-hydrogen) atoms. The molecule has 1 amide bonds. The molecule has 1 aliphatic rings. The number of benzene rings is 2. The monoisotopic (exact) mass is 494 g/mol. The molecule has 0 N–H and O–H groups in total. The van der Waals surface area contributed by atoms with E-state index in [1.54, 1.807) is 18.1 Å². The maximum Gasteiger partial charge on any atom is 0.291 e. The smallest absolute Gasteiger partial charge is 0.291 e. The van der Waals surface area contributed by atoms with Gasteiger partial charge in [-0.15, -0.1) is 11.7 Å². The van der Waals surface area contributed by atoms with Gasteiger partial charge in [-0.25, -0.2) is 0 Å². The largest absolute Gasteiger partial charge is 0.496 e. The number of ether oxygens (including phenoxy) is 1. The number of methoxy groups -OCH3 is 1. The van der Waals surface area contributed by atoms with Crippen molar-refractivity contribution in [2.45, 2.75) is 0 Å². The molecule has 0 radical (unpaired) electrons. The van der Waals surface area contributed by atoms with Crippen molar-refractivity contribution in [2.24, 2.45) is 0 Å². The number of carbonyl (C=O) groups is 1. The molecule has 7 nitrogen and oxygen atoms in total. The van der Waals surface area contributed by atoms with Gasteiger partial charge in [0.2, 0.25) is 4.96 Å². The fourth-order valence-electron chi connectivity index (χ4n) is 3.66. The summed E-state index contributed by atoms with van der Waals surface area (Å²) in [5, 5.41) is 4.40. The molecule has 3 heterocycles. The summed E-state index contributed by atoms with van der Waals surface area (Å²) in [4.78, 5) is 33.0. The predicted molar refractivity (Wildman–Crippen MR) is 124 cm³/mol. The SMILES string of the molecule is C=CCN1C(=O)/C(=c2\sc3nc(-c4ccccc4OC)nn3c2=O)c2cc(Br)ccc21. The van der Waals surface area contributed by atoms with E-state index >= 15 is 0 Å². The van der Waals surface area contributed by atoms with E-state index in [-0.39, 0.29) is 11.5 Å². The van der Waals surface area contributed by atoms with Crippen LogP contribution in [0.25, 0.3) is 21.9 Å². The number of hydrogen-bond acceptors (Lipinski definition) is 6. The van der Waals surface area contributed by atoms with Crippen LogP contribution in [0, 0.1) is 0 Å². The van der Waals surface area contributed by atoms with Crippen LogP contribution in [0.3, 0.4) is 0 Å². The second kappa shape index (κ2) is 7.44. The van der Waals surface area contributed by atoms with Crippen LogP contribution in [0.1, 0.15) is 5.56 Å². The lowest BCUT2D eigenvalue weighted by molar-refractivity contribution is -0.112. The molecule has 0 saturated carbocycles. The van der Waals surface area contributed by atoms with Gasteiger partial charge in [0.25, 0.3) is 11.5 Å². The van der Waals surface area contributed by atoms with E-state index in [2.05, 4.69) is 32.6 Å². The lowest BCUT2D eigenvalue weighted by Gasteiger charge is -2.14. The average Bonchev–Trinajstić information content (AvgIpc) is 3.40. The number of anilines is 1. The van der Waals surface area contributed by atoms with Crippen molar-refractivity contribution < 1.29 is 9.53 Å². The highest BCUT2D eigenvalue weighted by Crippen LogP contribution is 2.37. The lowest BCUT2D eigenvalue weighted by Crippen LogP contribution is -2.32. The summed E-state index contributed by atoms with van der Waals surface area (Å²) in [7, 11) is 1.57. The number of rotatable bonds is 4. The van der Waals surface area contributed by atoms with Crippen LogP contribution in [-0.2, 0) is 4.79 Å². The molecule has 0 atom stereocenters. The first kappa shape index (κ1) is 19.7. The summed E-state index contributed by atoms with van der Waals surface area (Å²) in [6.45, 7) is 4.09. The fraction of sp³-hybridized carbons (Fsp3) is 0.0909. The van der Waals surface area contributed by atoms with Gasteiger partial charge < -0.3 is 9.64 Å². The number of halogens is 1. The number of carbonyl (C=O) groups excluding carboxylic acids is 1. The first-order valence-electron chi connectivity index (χ1n) is 9.33. The van der Waals surface area contributed by atoms with Crippen LogP contribution in [-0.4, -0.2) is 34.2 Å². The molecule has 4 aromatic rings. The van der Waals surface area contributed by atoms with Crippen molar-refractivity contribution in [3.8, 4) is 17.1 Å². The van der Waals surface area contributed by atoms with Crippen LogP contribution in [0.5, 0.6) is 5.75 Å². The third-order valence-corrected chi connectivity index (χ3v) is 6.54. The van der Waals surface area contributed by atoms with Crippen LogP contribution in [0.4, 0.5) is 5.69 Å². The molecular weight excluding hydrogens is 480 g/mol. The summed E-state index contributed by atoms with van der Waals surface area (Å²) in [5.74, 6) is 0.777. The average molecular weight is 495 g/mol. The molecule has 9 heteroatoms. The van der Waals surface area contributed by atoms with Gasteiger partial charge in [0.1, 0.15) is 10.3 Å². The second-order valence-electron chi connectivity index (χ2n) is 6.81. The van der Waals surface area contributed by atoms with Gasteiger partial charge in [-0.2, -0.15) is 9.50 Å². The maximum absolute atomic E-state index is 13.2. The topological polar surface area (TPSA) is 76.8 Å². The molecule has 2 aromatic carbocycles. The van der Waals surface area contributed by atoms with Crippen molar-refractivity contribution in [2.75, 3.05) is 18.6 Å². The molecule has 0 saturated heterocycles. The molecule has 154 valence electrons. The van der Waals surface area contributed by atoms with Crippen molar-refractivity contribution in [3.05, 3.63) is 80.0 Å². The number of para-hydroxylation sites is 1. The lowest BCUT2D eigenvalue weighted by atomic mass is 10.1. The minimum atomic E-state index is -0.372. The zero-order valence-electron chi connectivity index (χ0n) is 16.3. The normalized spacial score (nSPS) is 14.9. The predicted octanol–water partition coefficient (Wildman–Crippen LogP) is 3.04. The van der Waals surface area contributed by atoms with E-state index in [1.165, 1.54) is 4.52 Å². The Kier molecular flexibility index (Phi) is 4.71. The Morgan fingerprint density at radius 3 is 2.74 bits per heavy atom. The minimum absolute atomic E-state index is 0.237. The molecule has 0 aliphatic carbocycles. The van der Waals surface area contributed by atoms with Crippen LogP contribution >= 0.6 is 27.3 Å². The van der Waals surface area contributed by atoms with E-state index in [4.69, 9.17) is 4.74 Å². The Bertz CT molecular complexity index is 1490. The maximum atomic E-state index is 13.2. The zero-order valence-corrected chi connectivity index (χ0v) is 18.7. The van der Waals surface area contributed by atoms with Gasteiger partial charge in [-0.3, -0.25) is 9.59 Å². The Labute approximate surface area is 189 Å². The summed E-state index contributed by atoms with van der Waals surface area (Å²) in [6.07, 6.45) is 1.66. The highest BCUT2D eigenvalue weighted by atomic mass is 79.9. The number of aromatic nitrogens is 3. The molecule has 0 bridgehead atoms. The van der Waals surface area contributed by atoms with E-state index < -0.39 is 0 Å². The molecule has 0 fully saturated rings. The molecule has 0 spiro atoms. The number of amides is 1. The third-order valence-electron chi connectivity index (χ3n) is 5.02. The summed E-state index contributed by atoms with van der Waals surface area (Å²) < 4.78 is 7.76. The van der Waals surface area contributed by atoms with Gasteiger partial charge >= 0.3 is 0 Å². The van der Waals surface area contributed by atoms with Crippen molar-refractivity contribution in [1.29, 1.82) is 0 Å². The molecule has 0 unspecified atom stereocenters. The van der Waals surface area contributed by atoms with Gasteiger partial charge in [-0.1, -0.05) is 45.5 Å². The first-order chi connectivity index (χ1) is 15.0. The number of fused-ring (bicyclic) bond motifs is 2. The van der Waals surface area contributed by atoms with E-state index in [0.29, 0.717) is 44.3 Å². The van der Waals surface area contributed by atoms with Crippen LogP contribution in [0.2, 0.25) is 0 Å². The van der Waals surface area contributed by atoms with Crippen LogP contribution < -0.4 is 19.7 Å². The Morgan fingerprint density at radius 1 is 1.19 bits per heavy atom. The van der Waals surface area contributed by atoms with Crippen molar-refractivity contribution in [3.63, 3.8) is 0 Å². The minimum Gasteiger partial charge on any atom is -0.496 e. The summed E-state index contributed by atoms with van der Waals surface area (Å²) >= 11 is 4.61. The molecule has 5 rings (SSSR count). The molecular formula is C22H15BrN4O3S. The fourth-order valence-corrected chi connectivity index (χ4v) is 5.02. The standard InChI is InChI=1S/C22H15BrN4O3S/c1-3-10-26-15-9-8-12(23)11-14(15)17(20(26)28)18-21(29)27-22(31-18)24-19(25-27)13-6-4-5-7-16(13)30-2/h3-9,11H,1,10H2,2H3/b18-17-. The van der Waals surface area contributed by atoms with Crippen LogP contribution in [0.15, 0.2) is 64.4 Å². The Hall–Kier alpha value is -3.30. The Morgan fingerprint density at radius 2 is 2.00 bits per heavy atom. The highest BCUT2D eigenvalue weighted by Gasteiger charge is 2.34. The molecule has 1 aliphatic heterocycles. The van der Waals surface area contributed by atoms with E-state index in [0.717, 1.165) is 21.5 Å². The Balaban J connectivity index is 1.74. The van der Waals surface area contributed by atoms with Gasteiger partial charge in [-0.05, 0) is 30.3 Å². The number of nitrogens with zero attached hydrogens (tertiary/aromatic N) is 4. The zero-order chi connectivity index (χ0) is 21.7. The molecule has 2 aromatic heterocycles.